The number of nitrogens with zero attached hydrogens (tertiary/aromatic N) is 1. The van der Waals surface area contributed by atoms with Crippen molar-refractivity contribution < 1.29 is 4.79 Å². The number of H-pyrrole nitrogens is 1. The predicted octanol–water partition coefficient (Wildman–Crippen LogP) is 1.57. The Kier molecular flexibility index (Phi) is 5.02. The van der Waals surface area contributed by atoms with Gasteiger partial charge in [-0.1, -0.05) is 0 Å². The van der Waals surface area contributed by atoms with Crippen LogP contribution in [0.1, 0.15) is 28.8 Å². The molecule has 1 fully saturated rings. The number of likely N-dealkylation sites (N-methyl/N-ethyl adjacent to an activating group) is 1. The van der Waals surface area contributed by atoms with Crippen LogP contribution in [0, 0.1) is 6.92 Å². The van der Waals surface area contributed by atoms with Gasteiger partial charge in [0.05, 0.1) is 5.56 Å². The predicted molar refractivity (Wildman–Crippen MR) is 70.8 cm³/mol. The van der Waals surface area contributed by atoms with Crippen molar-refractivity contribution in [1.82, 2.24) is 15.2 Å². The van der Waals surface area contributed by atoms with Crippen LogP contribution >= 0.6 is 12.4 Å². The highest BCUT2D eigenvalue weighted by atomic mass is 35.5. The van der Waals surface area contributed by atoms with Gasteiger partial charge in [-0.15, -0.1) is 12.4 Å². The lowest BCUT2D eigenvalue weighted by atomic mass is 10.0. The first-order valence-electron chi connectivity index (χ1n) is 5.82. The molecule has 2 heterocycles. The molecule has 0 radical (unpaired) electrons. The van der Waals surface area contributed by atoms with Gasteiger partial charge in [-0.05, 0) is 32.4 Å². The minimum atomic E-state index is 0. The third-order valence-corrected chi connectivity index (χ3v) is 3.30. The molecule has 1 unspecified atom stereocenters. The van der Waals surface area contributed by atoms with Crippen molar-refractivity contribution in [1.29, 1.82) is 0 Å². The lowest BCUT2D eigenvalue weighted by Gasteiger charge is -2.32. The van der Waals surface area contributed by atoms with E-state index in [0.717, 1.165) is 37.1 Å². The Morgan fingerprint density at radius 2 is 2.29 bits per heavy atom. The number of amides is 1. The summed E-state index contributed by atoms with van der Waals surface area (Å²) in [4.78, 5) is 17.1. The summed E-state index contributed by atoms with van der Waals surface area (Å²) in [6.07, 6.45) is 5.90. The molecule has 4 nitrogen and oxygen atoms in total. The van der Waals surface area contributed by atoms with Gasteiger partial charge in [0.15, 0.2) is 0 Å². The molecule has 0 saturated carbocycles. The second-order valence-corrected chi connectivity index (χ2v) is 4.43. The number of carbonyl (C=O) groups is 1. The topological polar surface area (TPSA) is 48.1 Å². The smallest absolute Gasteiger partial charge is 0.255 e. The number of piperidine rings is 1. The van der Waals surface area contributed by atoms with Crippen molar-refractivity contribution in [3.8, 4) is 0 Å². The van der Waals surface area contributed by atoms with E-state index in [1.165, 1.54) is 0 Å². The van der Waals surface area contributed by atoms with E-state index in [9.17, 15) is 4.79 Å². The standard InChI is InChI=1S/C12H19N3O.ClH/c1-9-6-14-7-11(9)12(16)15-5-3-4-10(8-15)13-2;/h6-7,10,13-14H,3-5,8H2,1-2H3;1H. The van der Waals surface area contributed by atoms with Crippen molar-refractivity contribution in [3.05, 3.63) is 23.5 Å². The molecule has 1 aromatic heterocycles. The molecule has 17 heavy (non-hydrogen) atoms. The molecule has 2 rings (SSSR count). The van der Waals surface area contributed by atoms with Crippen molar-refractivity contribution in [2.45, 2.75) is 25.8 Å². The van der Waals surface area contributed by atoms with Crippen LogP contribution in [0.25, 0.3) is 0 Å². The van der Waals surface area contributed by atoms with Crippen LogP contribution < -0.4 is 5.32 Å². The normalized spacial score (nSPS) is 19.9. The first-order chi connectivity index (χ1) is 7.72. The number of aryl methyl sites for hydroxylation is 1. The maximum atomic E-state index is 12.2. The van der Waals surface area contributed by atoms with Crippen LogP contribution in [-0.4, -0.2) is 42.0 Å². The second-order valence-electron chi connectivity index (χ2n) is 4.43. The first kappa shape index (κ1) is 14.1. The fraction of sp³-hybridized carbons (Fsp3) is 0.583. The third kappa shape index (κ3) is 3.01. The SMILES string of the molecule is CNC1CCCN(C(=O)c2c[nH]cc2C)C1.Cl. The minimum absolute atomic E-state index is 0. The maximum absolute atomic E-state index is 12.2. The van der Waals surface area contributed by atoms with Crippen molar-refractivity contribution >= 4 is 18.3 Å². The molecule has 1 aromatic rings. The molecule has 96 valence electrons. The Balaban J connectivity index is 0.00000144. The lowest BCUT2D eigenvalue weighted by molar-refractivity contribution is 0.0697. The summed E-state index contributed by atoms with van der Waals surface area (Å²) >= 11 is 0. The van der Waals surface area contributed by atoms with Crippen LogP contribution in [0.2, 0.25) is 0 Å². The Bertz CT molecular complexity index is 378. The molecule has 0 bridgehead atoms. The Hall–Kier alpha value is -1.00. The molecule has 1 saturated heterocycles. The lowest BCUT2D eigenvalue weighted by Crippen LogP contribution is -2.47. The van der Waals surface area contributed by atoms with Gasteiger partial charge in [0.1, 0.15) is 0 Å². The van der Waals surface area contributed by atoms with E-state index in [4.69, 9.17) is 0 Å². The zero-order chi connectivity index (χ0) is 11.5. The van der Waals surface area contributed by atoms with E-state index in [0.29, 0.717) is 6.04 Å². The number of carbonyl (C=O) groups excluding carboxylic acids is 1. The Labute approximate surface area is 108 Å². The quantitative estimate of drug-likeness (QED) is 0.845. The third-order valence-electron chi connectivity index (χ3n) is 3.30. The van der Waals surface area contributed by atoms with Gasteiger partial charge in [0.2, 0.25) is 0 Å². The maximum Gasteiger partial charge on any atom is 0.255 e. The van der Waals surface area contributed by atoms with Crippen molar-refractivity contribution in [3.63, 3.8) is 0 Å². The van der Waals surface area contributed by atoms with E-state index < -0.39 is 0 Å². The number of aromatic nitrogens is 1. The second kappa shape index (κ2) is 6.07. The number of aromatic amines is 1. The van der Waals surface area contributed by atoms with Gasteiger partial charge >= 0.3 is 0 Å². The molecular weight excluding hydrogens is 238 g/mol. The number of hydrogen-bond acceptors (Lipinski definition) is 2. The van der Waals surface area contributed by atoms with Gasteiger partial charge in [0, 0.05) is 31.5 Å². The number of halogens is 1. The molecule has 0 aliphatic carbocycles. The monoisotopic (exact) mass is 257 g/mol. The zero-order valence-electron chi connectivity index (χ0n) is 10.3. The summed E-state index contributed by atoms with van der Waals surface area (Å²) in [5, 5.41) is 3.25. The average molecular weight is 258 g/mol. The largest absolute Gasteiger partial charge is 0.367 e. The van der Waals surface area contributed by atoms with Gasteiger partial charge in [-0.3, -0.25) is 4.79 Å². The number of likely N-dealkylation sites (tertiary alicyclic amines) is 1. The van der Waals surface area contributed by atoms with Crippen LogP contribution in [0.3, 0.4) is 0 Å². The van der Waals surface area contributed by atoms with Gasteiger partial charge < -0.3 is 15.2 Å². The van der Waals surface area contributed by atoms with E-state index in [1.54, 1.807) is 6.20 Å². The molecule has 1 aliphatic heterocycles. The van der Waals surface area contributed by atoms with E-state index >= 15 is 0 Å². The summed E-state index contributed by atoms with van der Waals surface area (Å²) in [5.74, 6) is 0.152. The van der Waals surface area contributed by atoms with Crippen LogP contribution in [-0.2, 0) is 0 Å². The molecule has 1 amide bonds. The van der Waals surface area contributed by atoms with E-state index in [1.807, 2.05) is 25.1 Å². The van der Waals surface area contributed by atoms with Gasteiger partial charge in [-0.2, -0.15) is 0 Å². The Morgan fingerprint density at radius 1 is 1.53 bits per heavy atom. The summed E-state index contributed by atoms with van der Waals surface area (Å²) in [6, 6.07) is 0.442. The number of rotatable bonds is 2. The Morgan fingerprint density at radius 3 is 2.88 bits per heavy atom. The number of hydrogen-bond donors (Lipinski definition) is 2. The zero-order valence-corrected chi connectivity index (χ0v) is 11.1. The van der Waals surface area contributed by atoms with Crippen LogP contribution in [0.4, 0.5) is 0 Å². The van der Waals surface area contributed by atoms with Gasteiger partial charge in [-0.25, -0.2) is 0 Å². The molecule has 1 aliphatic rings. The van der Waals surface area contributed by atoms with E-state index in [-0.39, 0.29) is 18.3 Å². The molecular formula is C12H20ClN3O. The fourth-order valence-corrected chi connectivity index (χ4v) is 2.24. The van der Waals surface area contributed by atoms with Crippen molar-refractivity contribution in [2.75, 3.05) is 20.1 Å². The van der Waals surface area contributed by atoms with Gasteiger partial charge in [0.25, 0.3) is 5.91 Å². The fourth-order valence-electron chi connectivity index (χ4n) is 2.24. The highest BCUT2D eigenvalue weighted by Gasteiger charge is 2.24. The van der Waals surface area contributed by atoms with E-state index in [2.05, 4.69) is 10.3 Å². The summed E-state index contributed by atoms with van der Waals surface area (Å²) in [5.41, 5.74) is 1.83. The first-order valence-corrected chi connectivity index (χ1v) is 5.82. The van der Waals surface area contributed by atoms with Crippen LogP contribution in [0.15, 0.2) is 12.4 Å². The minimum Gasteiger partial charge on any atom is -0.367 e. The molecule has 5 heteroatoms. The highest BCUT2D eigenvalue weighted by molar-refractivity contribution is 5.95. The molecule has 1 atom stereocenters. The molecule has 0 spiro atoms. The van der Waals surface area contributed by atoms with Crippen molar-refractivity contribution in [2.24, 2.45) is 0 Å². The highest BCUT2D eigenvalue weighted by Crippen LogP contribution is 2.15. The number of nitrogens with one attached hydrogen (secondary N) is 2. The summed E-state index contributed by atoms with van der Waals surface area (Å²) in [7, 11) is 1.96. The van der Waals surface area contributed by atoms with Crippen LogP contribution in [0.5, 0.6) is 0 Å². The average Bonchev–Trinajstić information content (AvgIpc) is 2.74. The summed E-state index contributed by atoms with van der Waals surface area (Å²) in [6.45, 7) is 3.66. The summed E-state index contributed by atoms with van der Waals surface area (Å²) < 4.78 is 0. The molecule has 0 aromatic carbocycles. The molecule has 2 N–H and O–H groups in total.